The molecule has 0 saturated heterocycles. The molecule has 1 aromatic rings. The largest absolute Gasteiger partial charge is 0.478 e. The Hall–Kier alpha value is -2.09. The number of terminal acetylenes is 1. The van der Waals surface area contributed by atoms with Gasteiger partial charge in [0.15, 0.2) is 11.6 Å². The molecule has 0 aliphatic carbocycles. The van der Waals surface area contributed by atoms with Crippen molar-refractivity contribution in [1.29, 1.82) is 0 Å². The van der Waals surface area contributed by atoms with E-state index in [0.717, 1.165) is 6.07 Å². The molecule has 0 amide bonds. The van der Waals surface area contributed by atoms with E-state index in [0.29, 0.717) is 12.8 Å². The number of nitrogens with one attached hydrogen (secondary N) is 1. The standard InChI is InChI=1S/C13H13F2NO2/c1-3-5-8(4-2)16-10-7-6-9(13(17)18)11(14)12(10)15/h1,6-8,16H,4-5H2,2H3,(H,17,18). The van der Waals surface area contributed by atoms with Crippen LogP contribution in [0.4, 0.5) is 14.5 Å². The molecule has 18 heavy (non-hydrogen) atoms. The first-order chi connectivity index (χ1) is 8.51. The van der Waals surface area contributed by atoms with Crippen LogP contribution in [0.3, 0.4) is 0 Å². The third-order valence-corrected chi connectivity index (χ3v) is 2.53. The highest BCUT2D eigenvalue weighted by Gasteiger charge is 2.19. The van der Waals surface area contributed by atoms with Crippen molar-refractivity contribution in [1.82, 2.24) is 0 Å². The van der Waals surface area contributed by atoms with Gasteiger partial charge < -0.3 is 10.4 Å². The van der Waals surface area contributed by atoms with Gasteiger partial charge in [0.2, 0.25) is 0 Å². The summed E-state index contributed by atoms with van der Waals surface area (Å²) in [5.41, 5.74) is -0.775. The predicted octanol–water partition coefficient (Wildman–Crippen LogP) is 2.88. The van der Waals surface area contributed by atoms with E-state index in [4.69, 9.17) is 11.5 Å². The van der Waals surface area contributed by atoms with E-state index < -0.39 is 23.2 Å². The summed E-state index contributed by atoms with van der Waals surface area (Å²) in [6.45, 7) is 1.86. The van der Waals surface area contributed by atoms with E-state index >= 15 is 0 Å². The molecule has 0 aromatic heterocycles. The summed E-state index contributed by atoms with van der Waals surface area (Å²) in [5.74, 6) is -1.65. The highest BCUT2D eigenvalue weighted by atomic mass is 19.2. The number of rotatable bonds is 5. The van der Waals surface area contributed by atoms with E-state index in [1.165, 1.54) is 6.07 Å². The maximum absolute atomic E-state index is 13.6. The van der Waals surface area contributed by atoms with E-state index in [9.17, 15) is 13.6 Å². The molecule has 0 spiro atoms. The minimum Gasteiger partial charge on any atom is -0.478 e. The Morgan fingerprint density at radius 2 is 2.17 bits per heavy atom. The highest BCUT2D eigenvalue weighted by Crippen LogP contribution is 2.22. The molecule has 0 aliphatic heterocycles. The number of carboxylic acids is 1. The number of hydrogen-bond donors (Lipinski definition) is 2. The van der Waals surface area contributed by atoms with Gasteiger partial charge in [0, 0.05) is 12.5 Å². The lowest BCUT2D eigenvalue weighted by Gasteiger charge is -2.16. The molecule has 0 aliphatic rings. The number of hydrogen-bond acceptors (Lipinski definition) is 2. The zero-order chi connectivity index (χ0) is 13.7. The third kappa shape index (κ3) is 2.98. The van der Waals surface area contributed by atoms with Crippen LogP contribution in [0.1, 0.15) is 30.1 Å². The van der Waals surface area contributed by atoms with Gasteiger partial charge in [-0.1, -0.05) is 6.92 Å². The van der Waals surface area contributed by atoms with E-state index in [1.54, 1.807) is 0 Å². The van der Waals surface area contributed by atoms with Crippen LogP contribution < -0.4 is 5.32 Å². The van der Waals surface area contributed by atoms with Gasteiger partial charge in [0.25, 0.3) is 0 Å². The molecule has 0 bridgehead atoms. The zero-order valence-corrected chi connectivity index (χ0v) is 9.84. The fourth-order valence-electron chi connectivity index (χ4n) is 1.49. The van der Waals surface area contributed by atoms with Crippen molar-refractivity contribution >= 4 is 11.7 Å². The zero-order valence-electron chi connectivity index (χ0n) is 9.84. The second kappa shape index (κ2) is 6.01. The van der Waals surface area contributed by atoms with Crippen LogP contribution in [-0.4, -0.2) is 17.1 Å². The second-order valence-electron chi connectivity index (χ2n) is 3.75. The molecule has 1 unspecified atom stereocenters. The first kappa shape index (κ1) is 14.0. The molecular weight excluding hydrogens is 240 g/mol. The average Bonchev–Trinajstić information content (AvgIpc) is 2.33. The van der Waals surface area contributed by atoms with E-state index in [1.807, 2.05) is 6.92 Å². The number of benzene rings is 1. The second-order valence-corrected chi connectivity index (χ2v) is 3.75. The molecule has 0 radical (unpaired) electrons. The lowest BCUT2D eigenvalue weighted by molar-refractivity contribution is 0.0690. The van der Waals surface area contributed by atoms with Crippen LogP contribution in [0.15, 0.2) is 12.1 Å². The number of aromatic carboxylic acids is 1. The average molecular weight is 253 g/mol. The number of halogens is 2. The van der Waals surface area contributed by atoms with Crippen LogP contribution in [0, 0.1) is 24.0 Å². The van der Waals surface area contributed by atoms with Crippen molar-refractivity contribution in [3.05, 3.63) is 29.3 Å². The topological polar surface area (TPSA) is 49.3 Å². The number of carboxylic acid groups (broad SMARTS) is 1. The molecule has 1 aromatic carbocycles. The SMILES string of the molecule is C#CCC(CC)Nc1ccc(C(=O)O)c(F)c1F. The minimum atomic E-state index is -1.51. The Morgan fingerprint density at radius 3 is 2.67 bits per heavy atom. The van der Waals surface area contributed by atoms with Crippen molar-refractivity contribution in [2.75, 3.05) is 5.32 Å². The Bertz CT molecular complexity index is 494. The lowest BCUT2D eigenvalue weighted by Crippen LogP contribution is -2.19. The summed E-state index contributed by atoms with van der Waals surface area (Å²) < 4.78 is 27.0. The summed E-state index contributed by atoms with van der Waals surface area (Å²) in [4.78, 5) is 10.6. The molecule has 1 atom stereocenters. The molecule has 5 heteroatoms. The van der Waals surface area contributed by atoms with Crippen molar-refractivity contribution in [2.45, 2.75) is 25.8 Å². The summed E-state index contributed by atoms with van der Waals surface area (Å²) >= 11 is 0. The van der Waals surface area contributed by atoms with Gasteiger partial charge in [-0.3, -0.25) is 0 Å². The van der Waals surface area contributed by atoms with Crippen LogP contribution >= 0.6 is 0 Å². The van der Waals surface area contributed by atoms with Gasteiger partial charge in [-0.2, -0.15) is 0 Å². The highest BCUT2D eigenvalue weighted by molar-refractivity contribution is 5.88. The third-order valence-electron chi connectivity index (χ3n) is 2.53. The summed E-state index contributed by atoms with van der Waals surface area (Å²) in [6.07, 6.45) is 6.17. The Morgan fingerprint density at radius 1 is 1.50 bits per heavy atom. The molecule has 1 rings (SSSR count). The van der Waals surface area contributed by atoms with Crippen molar-refractivity contribution in [3.63, 3.8) is 0 Å². The fraction of sp³-hybridized carbons (Fsp3) is 0.308. The quantitative estimate of drug-likeness (QED) is 0.793. The Labute approximate surface area is 104 Å². The molecule has 3 nitrogen and oxygen atoms in total. The van der Waals surface area contributed by atoms with E-state index in [-0.39, 0.29) is 11.7 Å². The van der Waals surface area contributed by atoms with Gasteiger partial charge >= 0.3 is 5.97 Å². The van der Waals surface area contributed by atoms with Gasteiger partial charge in [0.1, 0.15) is 0 Å². The smallest absolute Gasteiger partial charge is 0.338 e. The van der Waals surface area contributed by atoms with Gasteiger partial charge in [0.05, 0.1) is 11.3 Å². The number of anilines is 1. The van der Waals surface area contributed by atoms with Crippen LogP contribution in [0.25, 0.3) is 0 Å². The lowest BCUT2D eigenvalue weighted by atomic mass is 10.1. The van der Waals surface area contributed by atoms with Crippen molar-refractivity contribution in [3.8, 4) is 12.3 Å². The summed E-state index contributed by atoms with van der Waals surface area (Å²) in [7, 11) is 0. The molecular formula is C13H13F2NO2. The van der Waals surface area contributed by atoms with Crippen molar-refractivity contribution in [2.24, 2.45) is 0 Å². The normalized spacial score (nSPS) is 11.7. The van der Waals surface area contributed by atoms with Gasteiger partial charge in [-0.05, 0) is 18.6 Å². The Kier molecular flexibility index (Phi) is 4.67. The molecule has 96 valence electrons. The van der Waals surface area contributed by atoms with Gasteiger partial charge in [-0.25, -0.2) is 13.6 Å². The molecule has 0 fully saturated rings. The summed E-state index contributed by atoms with van der Waals surface area (Å²) in [6, 6.07) is 2.03. The van der Waals surface area contributed by atoms with Crippen LogP contribution in [0.2, 0.25) is 0 Å². The maximum Gasteiger partial charge on any atom is 0.338 e. The minimum absolute atomic E-state index is 0.0837. The predicted molar refractivity (Wildman–Crippen MR) is 64.5 cm³/mol. The molecule has 0 heterocycles. The first-order valence-electron chi connectivity index (χ1n) is 5.42. The van der Waals surface area contributed by atoms with Crippen LogP contribution in [-0.2, 0) is 0 Å². The monoisotopic (exact) mass is 253 g/mol. The number of carbonyl (C=O) groups is 1. The summed E-state index contributed by atoms with van der Waals surface area (Å²) in [5, 5.41) is 11.4. The molecule has 2 N–H and O–H groups in total. The van der Waals surface area contributed by atoms with E-state index in [2.05, 4.69) is 11.2 Å². The Balaban J connectivity index is 3.02. The first-order valence-corrected chi connectivity index (χ1v) is 5.42. The maximum atomic E-state index is 13.6. The van der Waals surface area contributed by atoms with Gasteiger partial charge in [-0.15, -0.1) is 12.3 Å². The fourth-order valence-corrected chi connectivity index (χ4v) is 1.49. The molecule has 0 saturated carbocycles. The van der Waals surface area contributed by atoms with Crippen molar-refractivity contribution < 1.29 is 18.7 Å². The van der Waals surface area contributed by atoms with Crippen LogP contribution in [0.5, 0.6) is 0 Å².